The van der Waals surface area contributed by atoms with Gasteiger partial charge in [-0.25, -0.2) is 0 Å². The van der Waals surface area contributed by atoms with Crippen LogP contribution in [0.25, 0.3) is 0 Å². The number of hydrogen-bond donors (Lipinski definition) is 0. The summed E-state index contributed by atoms with van der Waals surface area (Å²) in [6, 6.07) is 5.99. The molecule has 1 saturated heterocycles. The van der Waals surface area contributed by atoms with E-state index in [9.17, 15) is 4.79 Å². The van der Waals surface area contributed by atoms with Crippen molar-refractivity contribution in [3.63, 3.8) is 0 Å². The minimum atomic E-state index is 0.105. The number of nitrogens with zero attached hydrogens (tertiary/aromatic N) is 1. The Bertz CT molecular complexity index is 427. The van der Waals surface area contributed by atoms with Crippen LogP contribution in [0, 0.1) is 13.8 Å². The molecule has 0 bridgehead atoms. The molecule has 98 valence electrons. The van der Waals surface area contributed by atoms with Crippen LogP contribution in [0.2, 0.25) is 0 Å². The molecule has 0 N–H and O–H groups in total. The van der Waals surface area contributed by atoms with Gasteiger partial charge in [0.25, 0.3) is 5.91 Å². The van der Waals surface area contributed by atoms with E-state index in [1.54, 1.807) is 0 Å². The number of alkyl halides is 1. The van der Waals surface area contributed by atoms with E-state index in [1.165, 1.54) is 0 Å². The van der Waals surface area contributed by atoms with Crippen molar-refractivity contribution in [2.45, 2.75) is 20.0 Å². The van der Waals surface area contributed by atoms with Crippen molar-refractivity contribution in [3.05, 3.63) is 34.9 Å². The quantitative estimate of drug-likeness (QED) is 0.786. The first-order valence-electron chi connectivity index (χ1n) is 6.15. The number of carbonyl (C=O) groups excluding carboxylic acids is 1. The highest BCUT2D eigenvalue weighted by Crippen LogP contribution is 2.15. The van der Waals surface area contributed by atoms with E-state index in [-0.39, 0.29) is 12.0 Å². The van der Waals surface area contributed by atoms with Crippen LogP contribution in [-0.2, 0) is 4.74 Å². The van der Waals surface area contributed by atoms with Crippen molar-refractivity contribution >= 4 is 21.8 Å². The van der Waals surface area contributed by atoms with Gasteiger partial charge in [-0.15, -0.1) is 0 Å². The lowest BCUT2D eigenvalue weighted by molar-refractivity contribution is -0.00965. The number of morpholine rings is 1. The van der Waals surface area contributed by atoms with Gasteiger partial charge in [0.15, 0.2) is 0 Å². The van der Waals surface area contributed by atoms with Crippen LogP contribution in [0.4, 0.5) is 0 Å². The summed E-state index contributed by atoms with van der Waals surface area (Å²) in [7, 11) is 0. The highest BCUT2D eigenvalue weighted by molar-refractivity contribution is 9.09. The van der Waals surface area contributed by atoms with E-state index in [2.05, 4.69) is 22.0 Å². The predicted molar refractivity (Wildman–Crippen MR) is 75.4 cm³/mol. The van der Waals surface area contributed by atoms with Gasteiger partial charge in [0, 0.05) is 24.0 Å². The third-order valence-electron chi connectivity index (χ3n) is 3.07. The molecule has 2 rings (SSSR count). The maximum absolute atomic E-state index is 12.4. The van der Waals surface area contributed by atoms with E-state index >= 15 is 0 Å². The van der Waals surface area contributed by atoms with E-state index in [0.29, 0.717) is 19.7 Å². The molecule has 4 heteroatoms. The maximum Gasteiger partial charge on any atom is 0.254 e. The summed E-state index contributed by atoms with van der Waals surface area (Å²) in [5.74, 6) is 0.107. The monoisotopic (exact) mass is 311 g/mol. The van der Waals surface area contributed by atoms with Gasteiger partial charge < -0.3 is 9.64 Å². The van der Waals surface area contributed by atoms with Crippen molar-refractivity contribution in [1.82, 2.24) is 4.90 Å². The lowest BCUT2D eigenvalue weighted by atomic mass is 10.1. The Morgan fingerprint density at radius 1 is 1.39 bits per heavy atom. The van der Waals surface area contributed by atoms with E-state index in [4.69, 9.17) is 4.74 Å². The lowest BCUT2D eigenvalue weighted by Gasteiger charge is -2.32. The molecule has 0 aliphatic carbocycles. The molecule has 1 fully saturated rings. The van der Waals surface area contributed by atoms with Crippen LogP contribution in [0.1, 0.15) is 21.5 Å². The molecule has 1 atom stereocenters. The van der Waals surface area contributed by atoms with Crippen LogP contribution in [0.3, 0.4) is 0 Å². The Balaban J connectivity index is 2.15. The maximum atomic E-state index is 12.4. The topological polar surface area (TPSA) is 29.5 Å². The molecule has 18 heavy (non-hydrogen) atoms. The average molecular weight is 312 g/mol. The molecule has 1 heterocycles. The van der Waals surface area contributed by atoms with E-state index < -0.39 is 0 Å². The Kier molecular flexibility index (Phi) is 4.40. The highest BCUT2D eigenvalue weighted by Gasteiger charge is 2.24. The second kappa shape index (κ2) is 5.85. The molecule has 0 saturated carbocycles. The van der Waals surface area contributed by atoms with Crippen molar-refractivity contribution in [2.75, 3.05) is 25.0 Å². The van der Waals surface area contributed by atoms with Crippen molar-refractivity contribution in [3.8, 4) is 0 Å². The summed E-state index contributed by atoms with van der Waals surface area (Å²) >= 11 is 3.40. The summed E-state index contributed by atoms with van der Waals surface area (Å²) in [4.78, 5) is 14.3. The molecular weight excluding hydrogens is 294 g/mol. The SMILES string of the molecule is Cc1cc(C)cc(C(=O)N2CCOC(CBr)C2)c1. The zero-order chi connectivity index (χ0) is 13.1. The van der Waals surface area contributed by atoms with Crippen molar-refractivity contribution < 1.29 is 9.53 Å². The molecule has 0 aromatic heterocycles. The van der Waals surface area contributed by atoms with Crippen LogP contribution >= 0.6 is 15.9 Å². The molecule has 1 aromatic carbocycles. The normalized spacial score (nSPS) is 19.9. The third-order valence-corrected chi connectivity index (χ3v) is 3.79. The molecule has 0 radical (unpaired) electrons. The Labute approximate surface area is 116 Å². The van der Waals surface area contributed by atoms with Gasteiger partial charge in [-0.05, 0) is 26.0 Å². The lowest BCUT2D eigenvalue weighted by Crippen LogP contribution is -2.46. The summed E-state index contributed by atoms with van der Waals surface area (Å²) < 4.78 is 5.55. The Morgan fingerprint density at radius 3 is 2.67 bits per heavy atom. The first-order valence-corrected chi connectivity index (χ1v) is 7.27. The third kappa shape index (κ3) is 3.12. The van der Waals surface area contributed by atoms with Crippen LogP contribution in [0.15, 0.2) is 18.2 Å². The number of aryl methyl sites for hydroxylation is 2. The summed E-state index contributed by atoms with van der Waals surface area (Å²) in [5, 5.41) is 0.767. The van der Waals surface area contributed by atoms with Crippen LogP contribution < -0.4 is 0 Å². The first kappa shape index (κ1) is 13.6. The van der Waals surface area contributed by atoms with Gasteiger partial charge in [-0.3, -0.25) is 4.79 Å². The van der Waals surface area contributed by atoms with Crippen molar-refractivity contribution in [2.24, 2.45) is 0 Å². The molecule has 1 unspecified atom stereocenters. The fraction of sp³-hybridized carbons (Fsp3) is 0.500. The Morgan fingerprint density at radius 2 is 2.06 bits per heavy atom. The van der Waals surface area contributed by atoms with Gasteiger partial charge in [0.1, 0.15) is 0 Å². The van der Waals surface area contributed by atoms with Gasteiger partial charge in [0.05, 0.1) is 12.7 Å². The molecule has 1 aliphatic heterocycles. The summed E-state index contributed by atoms with van der Waals surface area (Å²) in [5.41, 5.74) is 3.04. The molecule has 1 aromatic rings. The van der Waals surface area contributed by atoms with Gasteiger partial charge in [-0.2, -0.15) is 0 Å². The van der Waals surface area contributed by atoms with Gasteiger partial charge in [-0.1, -0.05) is 33.1 Å². The number of amides is 1. The smallest absolute Gasteiger partial charge is 0.254 e. The second-order valence-electron chi connectivity index (χ2n) is 4.77. The summed E-state index contributed by atoms with van der Waals surface area (Å²) in [6.07, 6.45) is 0.105. The number of halogens is 1. The zero-order valence-electron chi connectivity index (χ0n) is 10.8. The largest absolute Gasteiger partial charge is 0.374 e. The number of benzene rings is 1. The van der Waals surface area contributed by atoms with Crippen molar-refractivity contribution in [1.29, 1.82) is 0 Å². The average Bonchev–Trinajstić information content (AvgIpc) is 2.37. The minimum Gasteiger partial charge on any atom is -0.374 e. The minimum absolute atomic E-state index is 0.105. The number of hydrogen-bond acceptors (Lipinski definition) is 2. The summed E-state index contributed by atoms with van der Waals surface area (Å²) in [6.45, 7) is 5.99. The standard InChI is InChI=1S/C14H18BrNO2/c1-10-5-11(2)7-12(6-10)14(17)16-3-4-18-13(8-15)9-16/h5-7,13H,3-4,8-9H2,1-2H3. The van der Waals surface area contributed by atoms with Gasteiger partial charge >= 0.3 is 0 Å². The van der Waals surface area contributed by atoms with Crippen LogP contribution in [0.5, 0.6) is 0 Å². The number of ether oxygens (including phenoxy) is 1. The first-order chi connectivity index (χ1) is 8.60. The number of rotatable bonds is 2. The highest BCUT2D eigenvalue weighted by atomic mass is 79.9. The zero-order valence-corrected chi connectivity index (χ0v) is 12.4. The van der Waals surface area contributed by atoms with E-state index in [0.717, 1.165) is 22.0 Å². The van der Waals surface area contributed by atoms with Crippen LogP contribution in [-0.4, -0.2) is 41.9 Å². The van der Waals surface area contributed by atoms with Gasteiger partial charge in [0.2, 0.25) is 0 Å². The van der Waals surface area contributed by atoms with E-state index in [1.807, 2.05) is 30.9 Å². The fourth-order valence-corrected chi connectivity index (χ4v) is 2.67. The number of carbonyl (C=O) groups is 1. The molecule has 1 amide bonds. The fourth-order valence-electron chi connectivity index (χ4n) is 2.28. The molecule has 3 nitrogen and oxygen atoms in total. The molecular formula is C14H18BrNO2. The molecule has 1 aliphatic rings. The molecule has 0 spiro atoms. The second-order valence-corrected chi connectivity index (χ2v) is 5.42. The predicted octanol–water partition coefficient (Wildman–Crippen LogP) is 2.54. The Hall–Kier alpha value is -0.870.